The van der Waals surface area contributed by atoms with Crippen LogP contribution in [0.1, 0.15) is 30.5 Å². The number of rotatable bonds is 6. The Bertz CT molecular complexity index is 638. The van der Waals surface area contributed by atoms with Crippen LogP contribution in [0.5, 0.6) is 0 Å². The quantitative estimate of drug-likeness (QED) is 0.858. The number of aliphatic hydroxyl groups is 1. The van der Waals surface area contributed by atoms with E-state index in [4.69, 9.17) is 0 Å². The van der Waals surface area contributed by atoms with E-state index in [-0.39, 0.29) is 17.5 Å². The molecule has 0 spiro atoms. The van der Waals surface area contributed by atoms with Gasteiger partial charge in [0.25, 0.3) is 0 Å². The molecular formula is C13H18N2O3S2. The summed E-state index contributed by atoms with van der Waals surface area (Å²) in [5.41, 5.74) is 0.594. The molecule has 0 saturated carbocycles. The highest BCUT2D eigenvalue weighted by Gasteiger charge is 2.21. The molecule has 2 aromatic heterocycles. The molecule has 0 bridgehead atoms. The molecule has 2 heterocycles. The van der Waals surface area contributed by atoms with Crippen LogP contribution in [0.15, 0.2) is 34.7 Å². The fraction of sp³-hybridized carbons (Fsp3) is 0.385. The van der Waals surface area contributed by atoms with Crippen LogP contribution in [0, 0.1) is 0 Å². The maximum absolute atomic E-state index is 12.3. The van der Waals surface area contributed by atoms with Crippen molar-refractivity contribution in [1.29, 1.82) is 0 Å². The molecule has 1 atom stereocenters. The lowest BCUT2D eigenvalue weighted by atomic mass is 10.3. The first kappa shape index (κ1) is 15.2. The Morgan fingerprint density at radius 1 is 1.50 bits per heavy atom. The van der Waals surface area contributed by atoms with E-state index in [1.807, 2.05) is 31.4 Å². The molecule has 1 unspecified atom stereocenters. The molecule has 0 fully saturated rings. The summed E-state index contributed by atoms with van der Waals surface area (Å²) < 4.78 is 29.0. The van der Waals surface area contributed by atoms with Crippen LogP contribution in [-0.2, 0) is 23.2 Å². The minimum atomic E-state index is -3.58. The molecular weight excluding hydrogens is 296 g/mol. The van der Waals surface area contributed by atoms with Gasteiger partial charge in [0.15, 0.2) is 0 Å². The molecule has 110 valence electrons. The zero-order valence-electron chi connectivity index (χ0n) is 11.4. The van der Waals surface area contributed by atoms with Gasteiger partial charge in [-0.3, -0.25) is 0 Å². The van der Waals surface area contributed by atoms with E-state index >= 15 is 0 Å². The Morgan fingerprint density at radius 3 is 2.75 bits per heavy atom. The highest BCUT2D eigenvalue weighted by atomic mass is 32.2. The summed E-state index contributed by atoms with van der Waals surface area (Å²) in [7, 11) is -3.58. The summed E-state index contributed by atoms with van der Waals surface area (Å²) in [4.78, 5) is 1.15. The first-order chi connectivity index (χ1) is 9.47. The van der Waals surface area contributed by atoms with Crippen molar-refractivity contribution >= 4 is 21.4 Å². The topological polar surface area (TPSA) is 71.3 Å². The highest BCUT2D eigenvalue weighted by molar-refractivity contribution is 7.89. The van der Waals surface area contributed by atoms with Crippen molar-refractivity contribution in [3.63, 3.8) is 0 Å². The second-order valence-corrected chi connectivity index (χ2v) is 7.16. The molecule has 7 heteroatoms. The van der Waals surface area contributed by atoms with Crippen molar-refractivity contribution < 1.29 is 13.5 Å². The number of nitrogens with one attached hydrogen (secondary N) is 1. The van der Waals surface area contributed by atoms with Crippen molar-refractivity contribution in [1.82, 2.24) is 9.29 Å². The molecule has 0 aliphatic carbocycles. The number of sulfonamides is 1. The minimum absolute atomic E-state index is 0.177. The first-order valence-corrected chi connectivity index (χ1v) is 8.70. The Kier molecular flexibility index (Phi) is 4.64. The summed E-state index contributed by atoms with van der Waals surface area (Å²) in [5.74, 6) is 0. The van der Waals surface area contributed by atoms with Gasteiger partial charge in [-0.25, -0.2) is 13.1 Å². The maximum Gasteiger partial charge on any atom is 0.242 e. The zero-order valence-corrected chi connectivity index (χ0v) is 13.0. The van der Waals surface area contributed by atoms with Gasteiger partial charge < -0.3 is 9.67 Å². The van der Waals surface area contributed by atoms with Gasteiger partial charge in [-0.1, -0.05) is 6.07 Å². The summed E-state index contributed by atoms with van der Waals surface area (Å²) in [5, 5.41) is 11.1. The Hall–Kier alpha value is -1.15. The van der Waals surface area contributed by atoms with E-state index in [1.165, 1.54) is 17.4 Å². The van der Waals surface area contributed by atoms with Gasteiger partial charge in [-0.2, -0.15) is 0 Å². The minimum Gasteiger partial charge on any atom is -0.390 e. The van der Waals surface area contributed by atoms with E-state index in [0.717, 1.165) is 4.88 Å². The van der Waals surface area contributed by atoms with E-state index in [2.05, 4.69) is 4.72 Å². The van der Waals surface area contributed by atoms with Crippen molar-refractivity contribution in [3.05, 3.63) is 40.3 Å². The number of aliphatic hydroxyl groups excluding tert-OH is 1. The standard InChI is InChI=1S/C13H18N2O3S2/c1-3-15-8-12(7-11(15)9-16)20(17,18)14-10(2)13-5-4-6-19-13/h4-8,10,14,16H,3,9H2,1-2H3. The largest absolute Gasteiger partial charge is 0.390 e. The van der Waals surface area contributed by atoms with Crippen molar-refractivity contribution in [2.75, 3.05) is 0 Å². The second kappa shape index (κ2) is 6.09. The lowest BCUT2D eigenvalue weighted by molar-refractivity contribution is 0.271. The molecule has 2 aromatic rings. The smallest absolute Gasteiger partial charge is 0.242 e. The molecule has 0 saturated heterocycles. The van der Waals surface area contributed by atoms with Crippen LogP contribution in [-0.4, -0.2) is 18.1 Å². The second-order valence-electron chi connectivity index (χ2n) is 4.47. The van der Waals surface area contributed by atoms with Crippen LogP contribution < -0.4 is 4.72 Å². The van der Waals surface area contributed by atoms with Crippen LogP contribution in [0.4, 0.5) is 0 Å². The third kappa shape index (κ3) is 3.12. The average molecular weight is 314 g/mol. The number of hydrogen-bond acceptors (Lipinski definition) is 4. The van der Waals surface area contributed by atoms with Gasteiger partial charge >= 0.3 is 0 Å². The number of thiophene rings is 1. The van der Waals surface area contributed by atoms with Gasteiger partial charge in [0.05, 0.1) is 17.5 Å². The molecule has 2 N–H and O–H groups in total. The lowest BCUT2D eigenvalue weighted by Gasteiger charge is -2.11. The first-order valence-electron chi connectivity index (χ1n) is 6.33. The van der Waals surface area contributed by atoms with Crippen molar-refractivity contribution in [2.45, 2.75) is 37.9 Å². The van der Waals surface area contributed by atoms with Gasteiger partial charge in [0.1, 0.15) is 0 Å². The average Bonchev–Trinajstić information content (AvgIpc) is 3.07. The zero-order chi connectivity index (χ0) is 14.8. The predicted molar refractivity (Wildman–Crippen MR) is 79.1 cm³/mol. The van der Waals surface area contributed by atoms with Crippen LogP contribution in [0.3, 0.4) is 0 Å². The van der Waals surface area contributed by atoms with Gasteiger partial charge in [0, 0.05) is 23.3 Å². The Balaban J connectivity index is 2.24. The third-order valence-electron chi connectivity index (χ3n) is 3.08. The van der Waals surface area contributed by atoms with E-state index in [9.17, 15) is 13.5 Å². The number of aryl methyl sites for hydroxylation is 1. The molecule has 2 rings (SSSR count). The molecule has 5 nitrogen and oxygen atoms in total. The SMILES string of the molecule is CCn1cc(S(=O)(=O)NC(C)c2cccs2)cc1CO. The molecule has 0 aromatic carbocycles. The highest BCUT2D eigenvalue weighted by Crippen LogP contribution is 2.22. The number of nitrogens with zero attached hydrogens (tertiary/aromatic N) is 1. The van der Waals surface area contributed by atoms with Crippen molar-refractivity contribution in [3.8, 4) is 0 Å². The Morgan fingerprint density at radius 2 is 2.25 bits per heavy atom. The van der Waals surface area contributed by atoms with Crippen LogP contribution in [0.25, 0.3) is 0 Å². The number of aromatic nitrogens is 1. The van der Waals surface area contributed by atoms with E-state index in [0.29, 0.717) is 12.2 Å². The Labute approximate surface area is 122 Å². The lowest BCUT2D eigenvalue weighted by Crippen LogP contribution is -2.26. The molecule has 0 radical (unpaired) electrons. The fourth-order valence-corrected chi connectivity index (χ4v) is 4.09. The third-order valence-corrected chi connectivity index (χ3v) is 5.64. The maximum atomic E-state index is 12.3. The summed E-state index contributed by atoms with van der Waals surface area (Å²) in [6.45, 7) is 4.15. The summed E-state index contributed by atoms with van der Waals surface area (Å²) in [6, 6.07) is 5.02. The van der Waals surface area contributed by atoms with E-state index < -0.39 is 10.0 Å². The van der Waals surface area contributed by atoms with Crippen LogP contribution >= 0.6 is 11.3 Å². The summed E-state index contributed by atoms with van der Waals surface area (Å²) in [6.07, 6.45) is 1.55. The number of hydrogen-bond donors (Lipinski definition) is 2. The van der Waals surface area contributed by atoms with Gasteiger partial charge in [-0.05, 0) is 31.4 Å². The fourth-order valence-electron chi connectivity index (χ4n) is 2.00. The normalized spacial score (nSPS) is 13.6. The predicted octanol–water partition coefficient (Wildman–Crippen LogP) is 2.10. The molecule has 0 aliphatic heterocycles. The summed E-state index contributed by atoms with van der Waals surface area (Å²) >= 11 is 1.51. The molecule has 0 amide bonds. The van der Waals surface area contributed by atoms with E-state index in [1.54, 1.807) is 10.8 Å². The molecule has 20 heavy (non-hydrogen) atoms. The van der Waals surface area contributed by atoms with Crippen molar-refractivity contribution in [2.24, 2.45) is 0 Å². The van der Waals surface area contributed by atoms with Gasteiger partial charge in [0.2, 0.25) is 10.0 Å². The molecule has 0 aliphatic rings. The monoisotopic (exact) mass is 314 g/mol. The van der Waals surface area contributed by atoms with Gasteiger partial charge in [-0.15, -0.1) is 11.3 Å². The van der Waals surface area contributed by atoms with Crippen LogP contribution in [0.2, 0.25) is 0 Å².